The normalized spacial score (nSPS) is 14.4. The van der Waals surface area contributed by atoms with Crippen molar-refractivity contribution in [2.24, 2.45) is 0 Å². The monoisotopic (exact) mass is 326 g/mol. The van der Waals surface area contributed by atoms with Crippen molar-refractivity contribution in [1.29, 1.82) is 0 Å². The Balaban J connectivity index is 1.87. The first-order valence-corrected chi connectivity index (χ1v) is 7.71. The Hall–Kier alpha value is -1.58. The lowest BCUT2D eigenvalue weighted by Crippen LogP contribution is -2.22. The Morgan fingerprint density at radius 2 is 1.75 bits per heavy atom. The van der Waals surface area contributed by atoms with Crippen LogP contribution in [-0.4, -0.2) is 11.5 Å². The SMILES string of the molecule is Brc1ccc(-c2ccc3[nH]c4c(c3c2)CCNC4)cc1. The van der Waals surface area contributed by atoms with E-state index >= 15 is 0 Å². The average molecular weight is 327 g/mol. The van der Waals surface area contributed by atoms with Gasteiger partial charge in [-0.15, -0.1) is 0 Å². The second-order valence-corrected chi connectivity index (χ2v) is 6.19. The summed E-state index contributed by atoms with van der Waals surface area (Å²) < 4.78 is 1.12. The standard InChI is InChI=1S/C17H15BrN2/c18-13-4-1-11(2-5-13)12-3-6-16-15(9-12)14-7-8-19-10-17(14)20-16/h1-6,9,19-20H,7-8,10H2. The zero-order valence-electron chi connectivity index (χ0n) is 11.0. The third-order valence-electron chi connectivity index (χ3n) is 4.03. The summed E-state index contributed by atoms with van der Waals surface area (Å²) >= 11 is 3.49. The summed E-state index contributed by atoms with van der Waals surface area (Å²) in [7, 11) is 0. The maximum atomic E-state index is 3.53. The predicted molar refractivity (Wildman–Crippen MR) is 86.8 cm³/mol. The van der Waals surface area contributed by atoms with Crippen LogP contribution in [0.25, 0.3) is 22.0 Å². The summed E-state index contributed by atoms with van der Waals surface area (Å²) in [6.45, 7) is 2.03. The van der Waals surface area contributed by atoms with Crippen molar-refractivity contribution in [1.82, 2.24) is 10.3 Å². The van der Waals surface area contributed by atoms with Crippen LogP contribution in [-0.2, 0) is 13.0 Å². The predicted octanol–water partition coefficient (Wildman–Crippen LogP) is 4.24. The average Bonchev–Trinajstić information content (AvgIpc) is 2.86. The summed E-state index contributed by atoms with van der Waals surface area (Å²) in [4.78, 5) is 3.53. The second-order valence-electron chi connectivity index (χ2n) is 5.28. The van der Waals surface area contributed by atoms with Gasteiger partial charge in [0.15, 0.2) is 0 Å². The molecule has 2 heterocycles. The van der Waals surface area contributed by atoms with Gasteiger partial charge in [-0.1, -0.05) is 34.1 Å². The van der Waals surface area contributed by atoms with E-state index in [4.69, 9.17) is 0 Å². The molecule has 1 aliphatic heterocycles. The minimum Gasteiger partial charge on any atom is -0.357 e. The van der Waals surface area contributed by atoms with Crippen molar-refractivity contribution in [2.75, 3.05) is 6.54 Å². The van der Waals surface area contributed by atoms with E-state index in [2.05, 4.69) is 68.7 Å². The first-order chi connectivity index (χ1) is 9.81. The molecule has 0 unspecified atom stereocenters. The lowest BCUT2D eigenvalue weighted by molar-refractivity contribution is 0.637. The van der Waals surface area contributed by atoms with Crippen molar-refractivity contribution in [2.45, 2.75) is 13.0 Å². The van der Waals surface area contributed by atoms with Gasteiger partial charge in [-0.3, -0.25) is 0 Å². The van der Waals surface area contributed by atoms with Crippen LogP contribution >= 0.6 is 15.9 Å². The molecule has 4 rings (SSSR count). The van der Waals surface area contributed by atoms with Gasteiger partial charge in [-0.25, -0.2) is 0 Å². The summed E-state index contributed by atoms with van der Waals surface area (Å²) in [6, 6.07) is 15.2. The lowest BCUT2D eigenvalue weighted by atomic mass is 10.00. The Kier molecular flexibility index (Phi) is 2.90. The number of aromatic amines is 1. The number of hydrogen-bond acceptors (Lipinski definition) is 1. The molecule has 1 aliphatic rings. The molecule has 20 heavy (non-hydrogen) atoms. The number of nitrogens with one attached hydrogen (secondary N) is 2. The molecule has 0 aliphatic carbocycles. The van der Waals surface area contributed by atoms with Crippen molar-refractivity contribution in [3.05, 3.63) is 58.2 Å². The molecule has 0 saturated heterocycles. The number of aromatic nitrogens is 1. The molecular formula is C17H15BrN2. The fourth-order valence-corrected chi connectivity index (χ4v) is 3.25. The number of hydrogen-bond donors (Lipinski definition) is 2. The van der Waals surface area contributed by atoms with Crippen LogP contribution in [0.4, 0.5) is 0 Å². The Bertz CT molecular complexity index is 772. The molecule has 3 heteroatoms. The highest BCUT2D eigenvalue weighted by atomic mass is 79.9. The molecule has 100 valence electrons. The van der Waals surface area contributed by atoms with Crippen LogP contribution in [0, 0.1) is 0 Å². The van der Waals surface area contributed by atoms with E-state index in [0.717, 1.165) is 24.0 Å². The zero-order valence-corrected chi connectivity index (χ0v) is 12.6. The summed E-state index contributed by atoms with van der Waals surface area (Å²) in [5, 5.41) is 4.79. The molecule has 0 atom stereocenters. The third-order valence-corrected chi connectivity index (χ3v) is 4.55. The Labute approximate surface area is 126 Å². The molecule has 0 saturated carbocycles. The zero-order chi connectivity index (χ0) is 13.5. The maximum Gasteiger partial charge on any atom is 0.0459 e. The summed E-state index contributed by atoms with van der Waals surface area (Å²) in [5.74, 6) is 0. The third kappa shape index (κ3) is 1.98. The molecular weight excluding hydrogens is 312 g/mol. The molecule has 2 nitrogen and oxygen atoms in total. The highest BCUT2D eigenvalue weighted by molar-refractivity contribution is 9.10. The highest BCUT2D eigenvalue weighted by Crippen LogP contribution is 2.30. The van der Waals surface area contributed by atoms with Gasteiger partial charge in [0.25, 0.3) is 0 Å². The lowest BCUT2D eigenvalue weighted by Gasteiger charge is -2.12. The van der Waals surface area contributed by atoms with Crippen LogP contribution in [0.2, 0.25) is 0 Å². The maximum absolute atomic E-state index is 3.53. The second kappa shape index (κ2) is 4.76. The molecule has 0 fully saturated rings. The van der Waals surface area contributed by atoms with Crippen molar-refractivity contribution < 1.29 is 0 Å². The van der Waals surface area contributed by atoms with Crippen molar-refractivity contribution >= 4 is 26.8 Å². The van der Waals surface area contributed by atoms with E-state index in [1.165, 1.54) is 33.3 Å². The molecule has 1 aromatic heterocycles. The van der Waals surface area contributed by atoms with Gasteiger partial charge in [0.2, 0.25) is 0 Å². The Morgan fingerprint density at radius 1 is 0.950 bits per heavy atom. The van der Waals surface area contributed by atoms with E-state index in [9.17, 15) is 0 Å². The van der Waals surface area contributed by atoms with Crippen molar-refractivity contribution in [3.63, 3.8) is 0 Å². The van der Waals surface area contributed by atoms with E-state index in [1.807, 2.05) is 0 Å². The largest absolute Gasteiger partial charge is 0.357 e. The number of halogens is 1. The smallest absolute Gasteiger partial charge is 0.0459 e. The molecule has 2 aromatic carbocycles. The molecule has 0 amide bonds. The van der Waals surface area contributed by atoms with Crippen LogP contribution in [0.5, 0.6) is 0 Å². The number of rotatable bonds is 1. The van der Waals surface area contributed by atoms with Gasteiger partial charge in [0.1, 0.15) is 0 Å². The fourth-order valence-electron chi connectivity index (χ4n) is 2.99. The van der Waals surface area contributed by atoms with Gasteiger partial charge in [0, 0.05) is 27.6 Å². The van der Waals surface area contributed by atoms with Gasteiger partial charge < -0.3 is 10.3 Å². The summed E-state index contributed by atoms with van der Waals surface area (Å²) in [6.07, 6.45) is 1.11. The number of fused-ring (bicyclic) bond motifs is 3. The highest BCUT2D eigenvalue weighted by Gasteiger charge is 2.15. The number of H-pyrrole nitrogens is 1. The van der Waals surface area contributed by atoms with Crippen LogP contribution in [0.1, 0.15) is 11.3 Å². The van der Waals surface area contributed by atoms with Crippen LogP contribution < -0.4 is 5.32 Å². The van der Waals surface area contributed by atoms with E-state index in [0.29, 0.717) is 0 Å². The van der Waals surface area contributed by atoms with Gasteiger partial charge >= 0.3 is 0 Å². The molecule has 0 radical (unpaired) electrons. The first kappa shape index (κ1) is 12.2. The first-order valence-electron chi connectivity index (χ1n) is 6.91. The van der Waals surface area contributed by atoms with E-state index in [1.54, 1.807) is 0 Å². The van der Waals surface area contributed by atoms with E-state index < -0.39 is 0 Å². The molecule has 3 aromatic rings. The van der Waals surface area contributed by atoms with Gasteiger partial charge in [0.05, 0.1) is 0 Å². The van der Waals surface area contributed by atoms with Crippen LogP contribution in [0.3, 0.4) is 0 Å². The molecule has 0 bridgehead atoms. The van der Waals surface area contributed by atoms with Gasteiger partial charge in [-0.2, -0.15) is 0 Å². The fraction of sp³-hybridized carbons (Fsp3) is 0.176. The number of benzene rings is 2. The Morgan fingerprint density at radius 3 is 2.60 bits per heavy atom. The quantitative estimate of drug-likeness (QED) is 0.687. The summed E-state index contributed by atoms with van der Waals surface area (Å²) in [5.41, 5.74) is 6.63. The van der Waals surface area contributed by atoms with Crippen molar-refractivity contribution in [3.8, 4) is 11.1 Å². The minimum atomic E-state index is 0.956. The van der Waals surface area contributed by atoms with Gasteiger partial charge in [-0.05, 0) is 53.9 Å². The molecule has 2 N–H and O–H groups in total. The molecule has 0 spiro atoms. The minimum absolute atomic E-state index is 0.956. The van der Waals surface area contributed by atoms with Crippen LogP contribution in [0.15, 0.2) is 46.9 Å². The van der Waals surface area contributed by atoms with E-state index in [-0.39, 0.29) is 0 Å². The topological polar surface area (TPSA) is 27.8 Å².